The van der Waals surface area contributed by atoms with E-state index in [1.807, 2.05) is 18.4 Å². The minimum atomic E-state index is 0.792. The topological polar surface area (TPSA) is 32.3 Å². The molecule has 1 aromatic rings. The number of hydrogen-bond acceptors (Lipinski definition) is 3. The van der Waals surface area contributed by atoms with E-state index in [9.17, 15) is 0 Å². The molecule has 1 radical (unpaired) electrons. The molecule has 0 heterocycles. The minimum Gasteiger partial charge on any atom is -0.291 e. The summed E-state index contributed by atoms with van der Waals surface area (Å²) in [7, 11) is 0. The summed E-state index contributed by atoms with van der Waals surface area (Å²) >= 11 is 1.67. The summed E-state index contributed by atoms with van der Waals surface area (Å²) in [5.74, 6) is 0. The fourth-order valence-corrected chi connectivity index (χ4v) is 3.16. The number of thioether (sulfide) groups is 1. The molecule has 19 heavy (non-hydrogen) atoms. The van der Waals surface area contributed by atoms with Crippen molar-refractivity contribution in [1.29, 1.82) is 0 Å². The molecule has 0 aliphatic carbocycles. The van der Waals surface area contributed by atoms with Gasteiger partial charge in [0, 0.05) is 4.90 Å². The van der Waals surface area contributed by atoms with Gasteiger partial charge in [0.1, 0.15) is 0 Å². The lowest BCUT2D eigenvalue weighted by Gasteiger charge is -2.14. The Bertz CT molecular complexity index is 379. The Morgan fingerprint density at radius 3 is 2.47 bits per heavy atom. The van der Waals surface area contributed by atoms with E-state index < -0.39 is 0 Å². The van der Waals surface area contributed by atoms with Gasteiger partial charge in [-0.15, -0.1) is 11.8 Å². The lowest BCUT2D eigenvalue weighted by molar-refractivity contribution is 0.387. The maximum Gasteiger partial charge on any atom is 0.0740 e. The Morgan fingerprint density at radius 1 is 1.16 bits per heavy atom. The van der Waals surface area contributed by atoms with E-state index in [-0.39, 0.29) is 0 Å². The van der Waals surface area contributed by atoms with Crippen molar-refractivity contribution >= 4 is 17.4 Å². The van der Waals surface area contributed by atoms with E-state index in [1.165, 1.54) is 44.1 Å². The van der Waals surface area contributed by atoms with Crippen LogP contribution >= 0.6 is 11.8 Å². The van der Waals surface area contributed by atoms with Crippen LogP contribution in [0.15, 0.2) is 17.0 Å². The number of nitrogens with one attached hydrogen (secondary N) is 1. The van der Waals surface area contributed by atoms with Crippen molar-refractivity contribution in [2.75, 3.05) is 11.7 Å². The van der Waals surface area contributed by atoms with Gasteiger partial charge in [0.15, 0.2) is 0 Å². The molecule has 1 aromatic carbocycles. The van der Waals surface area contributed by atoms with Crippen LogP contribution in [0.25, 0.3) is 0 Å². The highest BCUT2D eigenvalue weighted by Crippen LogP contribution is 2.32. The van der Waals surface area contributed by atoms with Crippen molar-refractivity contribution in [3.05, 3.63) is 30.2 Å². The van der Waals surface area contributed by atoms with Crippen molar-refractivity contribution in [3.63, 3.8) is 0 Å². The Balaban J connectivity index is 2.56. The predicted molar refractivity (Wildman–Crippen MR) is 85.2 cm³/mol. The van der Waals surface area contributed by atoms with E-state index in [4.69, 9.17) is 5.21 Å². The van der Waals surface area contributed by atoms with Crippen LogP contribution in [0.3, 0.4) is 0 Å². The third-order valence-electron chi connectivity index (χ3n) is 3.46. The highest BCUT2D eigenvalue weighted by Gasteiger charge is 2.10. The minimum absolute atomic E-state index is 0.792. The Morgan fingerprint density at radius 2 is 1.84 bits per heavy atom. The van der Waals surface area contributed by atoms with Crippen molar-refractivity contribution in [3.8, 4) is 0 Å². The summed E-state index contributed by atoms with van der Waals surface area (Å²) in [6, 6.07) is 3.86. The highest BCUT2D eigenvalue weighted by molar-refractivity contribution is 7.98. The Labute approximate surface area is 122 Å². The van der Waals surface area contributed by atoms with Gasteiger partial charge in [-0.05, 0) is 43.2 Å². The molecule has 0 amide bonds. The SMILES string of the molecule is [CH2]c1ccc(NO)c(SC)c1CCCCCCCC. The number of benzene rings is 1. The molecule has 0 atom stereocenters. The van der Waals surface area contributed by atoms with Gasteiger partial charge in [-0.2, -0.15) is 0 Å². The second-order valence-electron chi connectivity index (χ2n) is 4.91. The lowest BCUT2D eigenvalue weighted by atomic mass is 10.0. The van der Waals surface area contributed by atoms with E-state index in [0.29, 0.717) is 0 Å². The van der Waals surface area contributed by atoms with Crippen LogP contribution in [0, 0.1) is 6.92 Å². The molecule has 107 valence electrons. The first-order valence-corrected chi connectivity index (χ1v) is 8.39. The maximum atomic E-state index is 9.15. The lowest BCUT2D eigenvalue weighted by Crippen LogP contribution is -1.99. The van der Waals surface area contributed by atoms with E-state index in [2.05, 4.69) is 19.3 Å². The third kappa shape index (κ3) is 5.07. The Hall–Kier alpha value is -0.670. The van der Waals surface area contributed by atoms with Gasteiger partial charge >= 0.3 is 0 Å². The van der Waals surface area contributed by atoms with Gasteiger partial charge in [0.2, 0.25) is 0 Å². The van der Waals surface area contributed by atoms with E-state index in [0.717, 1.165) is 22.6 Å². The number of anilines is 1. The predicted octanol–water partition coefficient (Wildman–Crippen LogP) is 5.29. The van der Waals surface area contributed by atoms with Crippen molar-refractivity contribution in [2.24, 2.45) is 0 Å². The third-order valence-corrected chi connectivity index (χ3v) is 4.34. The summed E-state index contributed by atoms with van der Waals surface area (Å²) in [4.78, 5) is 1.13. The largest absolute Gasteiger partial charge is 0.291 e. The quantitative estimate of drug-likeness (QED) is 0.366. The average molecular weight is 280 g/mol. The molecule has 0 unspecified atom stereocenters. The molecule has 2 N–H and O–H groups in total. The summed E-state index contributed by atoms with van der Waals surface area (Å²) in [5.41, 5.74) is 5.44. The Kier molecular flexibility index (Phi) is 7.99. The fourth-order valence-electron chi connectivity index (χ4n) is 2.35. The molecule has 2 nitrogen and oxygen atoms in total. The van der Waals surface area contributed by atoms with Crippen molar-refractivity contribution in [2.45, 2.75) is 56.8 Å². The van der Waals surface area contributed by atoms with Crippen LogP contribution in [0.2, 0.25) is 0 Å². The van der Waals surface area contributed by atoms with Crippen LogP contribution in [0.5, 0.6) is 0 Å². The van der Waals surface area contributed by atoms with Gasteiger partial charge in [-0.1, -0.05) is 45.1 Å². The summed E-state index contributed by atoms with van der Waals surface area (Å²) in [5, 5.41) is 9.15. The van der Waals surface area contributed by atoms with Crippen molar-refractivity contribution in [1.82, 2.24) is 0 Å². The molecular formula is C16H26NOS. The maximum absolute atomic E-state index is 9.15. The number of hydrogen-bond donors (Lipinski definition) is 2. The smallest absolute Gasteiger partial charge is 0.0740 e. The van der Waals surface area contributed by atoms with Gasteiger partial charge in [-0.25, -0.2) is 0 Å². The average Bonchev–Trinajstić information content (AvgIpc) is 2.43. The van der Waals surface area contributed by atoms with Gasteiger partial charge in [0.05, 0.1) is 5.69 Å². The molecule has 0 spiro atoms. The van der Waals surface area contributed by atoms with Crippen LogP contribution in [0.1, 0.15) is 56.6 Å². The molecule has 3 heteroatoms. The van der Waals surface area contributed by atoms with Gasteiger partial charge in [0.25, 0.3) is 0 Å². The molecular weight excluding hydrogens is 254 g/mol. The zero-order chi connectivity index (χ0) is 14.1. The molecule has 0 bridgehead atoms. The summed E-state index contributed by atoms with van der Waals surface area (Å²) in [6.45, 7) is 6.35. The molecule has 0 fully saturated rings. The van der Waals surface area contributed by atoms with E-state index in [1.54, 1.807) is 11.8 Å². The first-order chi connectivity index (χ1) is 9.24. The zero-order valence-corrected chi connectivity index (χ0v) is 13.0. The first-order valence-electron chi connectivity index (χ1n) is 7.16. The standard InChI is InChI=1S/C16H26NOS/c1-4-5-6-7-8-9-10-14-13(2)11-12-15(17-18)16(14)19-3/h11-12,17-18H,2,4-10H2,1,3H3. The number of rotatable bonds is 9. The number of unbranched alkanes of at least 4 members (excludes halogenated alkanes) is 5. The van der Waals surface area contributed by atoms with Crippen LogP contribution in [0.4, 0.5) is 5.69 Å². The molecule has 0 aliphatic heterocycles. The summed E-state index contributed by atoms with van der Waals surface area (Å²) < 4.78 is 0. The van der Waals surface area contributed by atoms with Crippen molar-refractivity contribution < 1.29 is 5.21 Å². The normalized spacial score (nSPS) is 10.7. The highest BCUT2D eigenvalue weighted by atomic mass is 32.2. The second-order valence-corrected chi connectivity index (χ2v) is 5.73. The second kappa shape index (κ2) is 9.27. The molecule has 0 aromatic heterocycles. The molecule has 0 aliphatic rings. The van der Waals surface area contributed by atoms with Crippen LogP contribution in [-0.2, 0) is 6.42 Å². The van der Waals surface area contributed by atoms with Gasteiger partial charge < -0.3 is 0 Å². The zero-order valence-electron chi connectivity index (χ0n) is 12.2. The van der Waals surface area contributed by atoms with Gasteiger partial charge in [-0.3, -0.25) is 10.7 Å². The van der Waals surface area contributed by atoms with Crippen LogP contribution in [-0.4, -0.2) is 11.5 Å². The molecule has 0 saturated heterocycles. The monoisotopic (exact) mass is 280 g/mol. The fraction of sp³-hybridized carbons (Fsp3) is 0.562. The van der Waals surface area contributed by atoms with E-state index >= 15 is 0 Å². The first kappa shape index (κ1) is 16.4. The molecule has 1 rings (SSSR count). The van der Waals surface area contributed by atoms with Crippen LogP contribution < -0.4 is 5.48 Å². The molecule has 0 saturated carbocycles. The summed E-state index contributed by atoms with van der Waals surface area (Å²) in [6.07, 6.45) is 10.9.